The summed E-state index contributed by atoms with van der Waals surface area (Å²) in [6, 6.07) is 0.250. The Labute approximate surface area is 139 Å². The molecule has 1 saturated heterocycles. The Kier molecular flexibility index (Phi) is 4.83. The second-order valence-corrected chi connectivity index (χ2v) is 7.24. The van der Waals surface area contributed by atoms with Gasteiger partial charge in [-0.1, -0.05) is 20.8 Å². The highest BCUT2D eigenvalue weighted by Crippen LogP contribution is 2.32. The molecule has 2 fully saturated rings. The van der Waals surface area contributed by atoms with E-state index in [4.69, 9.17) is 0 Å². The monoisotopic (exact) mass is 316 g/mol. The van der Waals surface area contributed by atoms with Crippen molar-refractivity contribution in [2.24, 2.45) is 11.8 Å². The number of carbonyl (C=O) groups is 1. The van der Waals surface area contributed by atoms with Crippen molar-refractivity contribution in [2.45, 2.75) is 52.5 Å². The van der Waals surface area contributed by atoms with Crippen LogP contribution in [0.5, 0.6) is 0 Å². The van der Waals surface area contributed by atoms with E-state index < -0.39 is 0 Å². The third kappa shape index (κ3) is 3.82. The molecule has 3 rings (SSSR count). The minimum absolute atomic E-state index is 0.250. The second kappa shape index (κ2) is 6.85. The quantitative estimate of drug-likeness (QED) is 0.837. The van der Waals surface area contributed by atoms with E-state index in [2.05, 4.69) is 40.5 Å². The Balaban J connectivity index is 1.78. The molecule has 1 amide bonds. The lowest BCUT2D eigenvalue weighted by molar-refractivity contribution is -0.133. The van der Waals surface area contributed by atoms with Gasteiger partial charge in [0.1, 0.15) is 0 Å². The summed E-state index contributed by atoms with van der Waals surface area (Å²) in [5.41, 5.74) is 1.15. The van der Waals surface area contributed by atoms with Crippen molar-refractivity contribution >= 4 is 11.9 Å². The van der Waals surface area contributed by atoms with Crippen LogP contribution in [0.2, 0.25) is 0 Å². The van der Waals surface area contributed by atoms with Crippen LogP contribution in [0.25, 0.3) is 0 Å². The molecule has 1 atom stereocenters. The van der Waals surface area contributed by atoms with E-state index in [1.54, 1.807) is 0 Å². The van der Waals surface area contributed by atoms with Crippen LogP contribution in [-0.2, 0) is 11.2 Å². The van der Waals surface area contributed by atoms with Crippen molar-refractivity contribution < 1.29 is 4.79 Å². The number of rotatable bonds is 5. The number of aromatic nitrogens is 2. The average Bonchev–Trinajstić information content (AvgIpc) is 3.38. The van der Waals surface area contributed by atoms with Crippen molar-refractivity contribution in [3.63, 3.8) is 0 Å². The molecule has 1 aromatic rings. The maximum atomic E-state index is 12.6. The summed E-state index contributed by atoms with van der Waals surface area (Å²) in [5, 5.41) is 0. The van der Waals surface area contributed by atoms with Gasteiger partial charge >= 0.3 is 0 Å². The number of aryl methyl sites for hydroxylation is 1. The molecule has 2 aliphatic rings. The van der Waals surface area contributed by atoms with Gasteiger partial charge in [0.2, 0.25) is 11.9 Å². The molecule has 1 aromatic heterocycles. The fraction of sp³-hybridized carbons (Fsp3) is 0.722. The predicted octanol–water partition coefficient (Wildman–Crippen LogP) is 2.51. The first-order valence-electron chi connectivity index (χ1n) is 8.93. The largest absolute Gasteiger partial charge is 0.338 e. The van der Waals surface area contributed by atoms with E-state index in [0.29, 0.717) is 24.8 Å². The summed E-state index contributed by atoms with van der Waals surface area (Å²) in [7, 11) is 0. The molecule has 5 nitrogen and oxygen atoms in total. The van der Waals surface area contributed by atoms with E-state index >= 15 is 0 Å². The van der Waals surface area contributed by atoms with Crippen molar-refractivity contribution in [1.82, 2.24) is 14.9 Å². The third-order valence-corrected chi connectivity index (χ3v) is 5.03. The van der Waals surface area contributed by atoms with E-state index in [0.717, 1.165) is 36.9 Å². The molecule has 0 N–H and O–H groups in total. The van der Waals surface area contributed by atoms with Gasteiger partial charge in [0.15, 0.2) is 0 Å². The first kappa shape index (κ1) is 16.2. The van der Waals surface area contributed by atoms with Crippen LogP contribution in [0, 0.1) is 11.8 Å². The Morgan fingerprint density at radius 2 is 1.96 bits per heavy atom. The molecular formula is C18H28N4O. The maximum Gasteiger partial charge on any atom is 0.225 e. The summed E-state index contributed by atoms with van der Waals surface area (Å²) < 4.78 is 0. The van der Waals surface area contributed by atoms with Crippen molar-refractivity contribution in [3.8, 4) is 0 Å². The lowest BCUT2D eigenvalue weighted by Crippen LogP contribution is -2.47. The highest BCUT2D eigenvalue weighted by Gasteiger charge is 2.36. The molecule has 5 heteroatoms. The van der Waals surface area contributed by atoms with Crippen molar-refractivity contribution in [3.05, 3.63) is 18.0 Å². The zero-order chi connectivity index (χ0) is 16.4. The van der Waals surface area contributed by atoms with Crippen LogP contribution in [0.15, 0.2) is 12.4 Å². The fourth-order valence-corrected chi connectivity index (χ4v) is 3.24. The number of hydrogen-bond acceptors (Lipinski definition) is 4. The van der Waals surface area contributed by atoms with E-state index in [-0.39, 0.29) is 6.04 Å². The van der Waals surface area contributed by atoms with Gasteiger partial charge in [-0.15, -0.1) is 0 Å². The Morgan fingerprint density at radius 1 is 1.26 bits per heavy atom. The van der Waals surface area contributed by atoms with Gasteiger partial charge in [-0.3, -0.25) is 4.79 Å². The first-order chi connectivity index (χ1) is 11.1. The van der Waals surface area contributed by atoms with Crippen LogP contribution in [0.3, 0.4) is 0 Å². The highest BCUT2D eigenvalue weighted by molar-refractivity contribution is 5.78. The minimum Gasteiger partial charge on any atom is -0.338 e. The Hall–Kier alpha value is -1.65. The van der Waals surface area contributed by atoms with Crippen LogP contribution in [-0.4, -0.2) is 46.5 Å². The van der Waals surface area contributed by atoms with Crippen molar-refractivity contribution in [1.29, 1.82) is 0 Å². The molecule has 2 heterocycles. The molecule has 0 spiro atoms. The molecule has 1 unspecified atom stereocenters. The second-order valence-electron chi connectivity index (χ2n) is 7.24. The summed E-state index contributed by atoms with van der Waals surface area (Å²) in [6.07, 6.45) is 7.87. The zero-order valence-corrected chi connectivity index (χ0v) is 14.5. The van der Waals surface area contributed by atoms with E-state index in [1.165, 1.54) is 12.8 Å². The first-order valence-corrected chi connectivity index (χ1v) is 8.93. The number of carbonyl (C=O) groups excluding carboxylic acids is 1. The van der Waals surface area contributed by atoms with Gasteiger partial charge in [-0.25, -0.2) is 9.97 Å². The summed E-state index contributed by atoms with van der Waals surface area (Å²) in [6.45, 7) is 9.01. The SMILES string of the molecule is CCc1cnc(N2CCC(=O)N(CC3CC3)C(C(C)C)C2)nc1. The van der Waals surface area contributed by atoms with Gasteiger partial charge in [-0.2, -0.15) is 0 Å². The minimum atomic E-state index is 0.250. The Bertz CT molecular complexity index is 538. The molecule has 1 aliphatic heterocycles. The molecule has 0 aromatic carbocycles. The van der Waals surface area contributed by atoms with Gasteiger partial charge in [0.25, 0.3) is 0 Å². The maximum absolute atomic E-state index is 12.6. The van der Waals surface area contributed by atoms with E-state index in [1.807, 2.05) is 12.4 Å². The smallest absolute Gasteiger partial charge is 0.225 e. The number of amides is 1. The topological polar surface area (TPSA) is 49.3 Å². The third-order valence-electron chi connectivity index (χ3n) is 5.03. The summed E-state index contributed by atoms with van der Waals surface area (Å²) in [5.74, 6) is 2.22. The van der Waals surface area contributed by atoms with E-state index in [9.17, 15) is 4.79 Å². The summed E-state index contributed by atoms with van der Waals surface area (Å²) in [4.78, 5) is 26.0. The Morgan fingerprint density at radius 3 is 2.52 bits per heavy atom. The number of nitrogens with zero attached hydrogens (tertiary/aromatic N) is 4. The van der Waals surface area contributed by atoms with Gasteiger partial charge < -0.3 is 9.80 Å². The zero-order valence-electron chi connectivity index (χ0n) is 14.5. The summed E-state index contributed by atoms with van der Waals surface area (Å²) >= 11 is 0. The highest BCUT2D eigenvalue weighted by atomic mass is 16.2. The predicted molar refractivity (Wildman–Crippen MR) is 91.3 cm³/mol. The van der Waals surface area contributed by atoms with Gasteiger partial charge in [0, 0.05) is 38.4 Å². The van der Waals surface area contributed by atoms with Crippen LogP contribution >= 0.6 is 0 Å². The number of anilines is 1. The molecule has 1 saturated carbocycles. The molecule has 23 heavy (non-hydrogen) atoms. The van der Waals surface area contributed by atoms with Crippen LogP contribution < -0.4 is 4.90 Å². The molecule has 0 bridgehead atoms. The van der Waals surface area contributed by atoms with Crippen molar-refractivity contribution in [2.75, 3.05) is 24.5 Å². The van der Waals surface area contributed by atoms with Crippen LogP contribution in [0.1, 0.15) is 45.6 Å². The number of hydrogen-bond donors (Lipinski definition) is 0. The molecule has 1 aliphatic carbocycles. The standard InChI is InChI=1S/C18H28N4O/c1-4-14-9-19-18(20-10-14)21-8-7-17(23)22(11-15-5-6-15)16(12-21)13(2)3/h9-10,13,15-16H,4-8,11-12H2,1-3H3. The molecule has 0 radical (unpaired) electrons. The molecular weight excluding hydrogens is 288 g/mol. The van der Waals surface area contributed by atoms with Gasteiger partial charge in [-0.05, 0) is 36.7 Å². The normalized spacial score (nSPS) is 22.6. The molecule has 126 valence electrons. The van der Waals surface area contributed by atoms with Gasteiger partial charge in [0.05, 0.1) is 6.04 Å². The lowest BCUT2D eigenvalue weighted by Gasteiger charge is -2.34. The lowest BCUT2D eigenvalue weighted by atomic mass is 10.0. The van der Waals surface area contributed by atoms with Crippen LogP contribution in [0.4, 0.5) is 5.95 Å². The fourth-order valence-electron chi connectivity index (χ4n) is 3.24. The average molecular weight is 316 g/mol.